The third-order valence-corrected chi connectivity index (χ3v) is 1.96. The first-order chi connectivity index (χ1) is 7.26. The molecule has 0 unspecified atom stereocenters. The Bertz CT molecular complexity index is 192. The van der Waals surface area contributed by atoms with Gasteiger partial charge < -0.3 is 15.3 Å². The molecule has 0 bridgehead atoms. The molecule has 15 heavy (non-hydrogen) atoms. The molecule has 2 N–H and O–H groups in total. The third-order valence-electron chi connectivity index (χ3n) is 1.96. The van der Waals surface area contributed by atoms with Crippen LogP contribution in [0.3, 0.4) is 0 Å². The summed E-state index contributed by atoms with van der Waals surface area (Å²) in [5.74, 6) is 0.857. The topological polar surface area (TPSA) is 47.9 Å². The van der Waals surface area contributed by atoms with E-state index in [0.29, 0.717) is 6.54 Å². The van der Waals surface area contributed by atoms with Crippen LogP contribution in [0.4, 0.5) is 0 Å². The van der Waals surface area contributed by atoms with E-state index >= 15 is 0 Å². The zero-order valence-electron chi connectivity index (χ0n) is 9.87. The summed E-state index contributed by atoms with van der Waals surface area (Å²) in [6, 6.07) is 0. The maximum atomic E-state index is 8.71. The lowest BCUT2D eigenvalue weighted by Crippen LogP contribution is -2.39. The molecule has 0 saturated heterocycles. The first-order valence-electron chi connectivity index (χ1n) is 5.47. The average Bonchev–Trinajstić information content (AvgIpc) is 2.24. The van der Waals surface area contributed by atoms with Crippen molar-refractivity contribution in [1.82, 2.24) is 10.2 Å². The van der Waals surface area contributed by atoms with Crippen LogP contribution in [-0.2, 0) is 0 Å². The molecule has 0 amide bonds. The molecule has 0 spiro atoms. The smallest absolute Gasteiger partial charge is 0.193 e. The molecular weight excluding hydrogens is 190 g/mol. The van der Waals surface area contributed by atoms with Gasteiger partial charge in [-0.05, 0) is 19.8 Å². The van der Waals surface area contributed by atoms with Gasteiger partial charge in [0.05, 0.1) is 13.2 Å². The van der Waals surface area contributed by atoms with Crippen molar-refractivity contribution in [2.24, 2.45) is 4.99 Å². The van der Waals surface area contributed by atoms with Gasteiger partial charge in [0.15, 0.2) is 5.96 Å². The molecule has 0 aromatic carbocycles. The summed E-state index contributed by atoms with van der Waals surface area (Å²) in [6.07, 6.45) is 4.01. The minimum atomic E-state index is 0.0927. The molecule has 4 nitrogen and oxygen atoms in total. The number of unbranched alkanes of at least 4 members (excludes halogenated alkanes) is 1. The van der Waals surface area contributed by atoms with Gasteiger partial charge in [-0.25, -0.2) is 0 Å². The second kappa shape index (κ2) is 9.52. The van der Waals surface area contributed by atoms with Crippen LogP contribution in [0.15, 0.2) is 17.6 Å². The summed E-state index contributed by atoms with van der Waals surface area (Å²) in [4.78, 5) is 6.34. The van der Waals surface area contributed by atoms with Crippen molar-refractivity contribution in [3.63, 3.8) is 0 Å². The van der Waals surface area contributed by atoms with Gasteiger partial charge in [-0.3, -0.25) is 4.99 Å². The Morgan fingerprint density at radius 3 is 2.87 bits per heavy atom. The summed E-state index contributed by atoms with van der Waals surface area (Å²) in [6.45, 7) is 8.06. The lowest BCUT2D eigenvalue weighted by atomic mass is 10.3. The highest BCUT2D eigenvalue weighted by molar-refractivity contribution is 5.79. The van der Waals surface area contributed by atoms with Gasteiger partial charge in [-0.2, -0.15) is 0 Å². The highest BCUT2D eigenvalue weighted by atomic mass is 16.3. The van der Waals surface area contributed by atoms with Crippen LogP contribution in [-0.4, -0.2) is 49.3 Å². The third kappa shape index (κ3) is 6.96. The van der Waals surface area contributed by atoms with Crippen molar-refractivity contribution < 1.29 is 5.11 Å². The van der Waals surface area contributed by atoms with E-state index < -0.39 is 0 Å². The van der Waals surface area contributed by atoms with Crippen molar-refractivity contribution in [2.75, 3.05) is 33.3 Å². The summed E-state index contributed by atoms with van der Waals surface area (Å²) in [7, 11) is 2.00. The molecule has 0 fully saturated rings. The maximum Gasteiger partial charge on any atom is 0.193 e. The number of rotatable bonds is 7. The zero-order valence-corrected chi connectivity index (χ0v) is 9.87. The molecule has 88 valence electrons. The number of nitrogens with one attached hydrogen (secondary N) is 1. The number of allylic oxidation sites excluding steroid dienone is 1. The summed E-state index contributed by atoms with van der Waals surface area (Å²) in [5, 5.41) is 11.9. The summed E-state index contributed by atoms with van der Waals surface area (Å²) < 4.78 is 0. The van der Waals surface area contributed by atoms with Crippen molar-refractivity contribution in [2.45, 2.75) is 19.8 Å². The quantitative estimate of drug-likeness (QED) is 0.285. The molecule has 0 aliphatic heterocycles. The van der Waals surface area contributed by atoms with E-state index in [1.54, 1.807) is 0 Å². The first kappa shape index (κ1) is 14.0. The SMILES string of the molecule is C=CCCCN(C)C(=NCCO)NCC. The molecule has 0 saturated carbocycles. The fourth-order valence-corrected chi connectivity index (χ4v) is 1.20. The monoisotopic (exact) mass is 213 g/mol. The maximum absolute atomic E-state index is 8.71. The van der Waals surface area contributed by atoms with E-state index in [1.165, 1.54) is 0 Å². The predicted octanol–water partition coefficient (Wildman–Crippen LogP) is 0.842. The molecule has 0 aliphatic carbocycles. The molecule has 0 aromatic heterocycles. The highest BCUT2D eigenvalue weighted by Crippen LogP contribution is 1.94. The van der Waals surface area contributed by atoms with E-state index in [1.807, 2.05) is 20.0 Å². The largest absolute Gasteiger partial charge is 0.394 e. The van der Waals surface area contributed by atoms with Gasteiger partial charge >= 0.3 is 0 Å². The van der Waals surface area contributed by atoms with Gasteiger partial charge in [0.2, 0.25) is 0 Å². The predicted molar refractivity (Wildman–Crippen MR) is 65.1 cm³/mol. The summed E-state index contributed by atoms with van der Waals surface area (Å²) in [5.41, 5.74) is 0. The number of aliphatic hydroxyl groups is 1. The second-order valence-corrected chi connectivity index (χ2v) is 3.31. The van der Waals surface area contributed by atoms with Crippen molar-refractivity contribution in [1.29, 1.82) is 0 Å². The van der Waals surface area contributed by atoms with Gasteiger partial charge in [0.1, 0.15) is 0 Å². The Labute approximate surface area is 92.7 Å². The molecule has 0 heterocycles. The summed E-state index contributed by atoms with van der Waals surface area (Å²) >= 11 is 0. The second-order valence-electron chi connectivity index (χ2n) is 3.31. The van der Waals surface area contributed by atoms with Crippen molar-refractivity contribution in [3.05, 3.63) is 12.7 Å². The molecule has 0 aliphatic rings. The van der Waals surface area contributed by atoms with Crippen LogP contribution >= 0.6 is 0 Å². The van der Waals surface area contributed by atoms with Crippen LogP contribution in [0.1, 0.15) is 19.8 Å². The van der Waals surface area contributed by atoms with E-state index in [2.05, 4.69) is 21.8 Å². The Morgan fingerprint density at radius 1 is 1.60 bits per heavy atom. The fourth-order valence-electron chi connectivity index (χ4n) is 1.20. The fraction of sp³-hybridized carbons (Fsp3) is 0.727. The van der Waals surface area contributed by atoms with Gasteiger partial charge in [0, 0.05) is 20.1 Å². The lowest BCUT2D eigenvalue weighted by molar-refractivity contribution is 0.305. The average molecular weight is 213 g/mol. The first-order valence-corrected chi connectivity index (χ1v) is 5.47. The lowest BCUT2D eigenvalue weighted by Gasteiger charge is -2.21. The van der Waals surface area contributed by atoms with Crippen LogP contribution in [0, 0.1) is 0 Å². The Hall–Kier alpha value is -1.03. The minimum absolute atomic E-state index is 0.0927. The van der Waals surface area contributed by atoms with Crippen LogP contribution in [0.5, 0.6) is 0 Å². The number of hydrogen-bond donors (Lipinski definition) is 2. The standard InChI is InChI=1S/C11H23N3O/c1-4-6-7-9-14(3)11(12-5-2)13-8-10-15/h4,15H,1,5-10H2,2-3H3,(H,12,13). The molecule has 4 heteroatoms. The van der Waals surface area contributed by atoms with Crippen molar-refractivity contribution in [3.8, 4) is 0 Å². The van der Waals surface area contributed by atoms with Crippen LogP contribution in [0.2, 0.25) is 0 Å². The number of hydrogen-bond acceptors (Lipinski definition) is 2. The molecule has 0 atom stereocenters. The van der Waals surface area contributed by atoms with Gasteiger partial charge in [-0.15, -0.1) is 6.58 Å². The van der Waals surface area contributed by atoms with Gasteiger partial charge in [0.25, 0.3) is 0 Å². The minimum Gasteiger partial charge on any atom is -0.394 e. The zero-order chi connectivity index (χ0) is 11.5. The van der Waals surface area contributed by atoms with E-state index in [-0.39, 0.29) is 6.61 Å². The van der Waals surface area contributed by atoms with Crippen LogP contribution < -0.4 is 5.32 Å². The number of guanidine groups is 1. The van der Waals surface area contributed by atoms with Crippen LogP contribution in [0.25, 0.3) is 0 Å². The molecular formula is C11H23N3O. The van der Waals surface area contributed by atoms with Gasteiger partial charge in [-0.1, -0.05) is 6.08 Å². The molecule has 0 rings (SSSR count). The van der Waals surface area contributed by atoms with Crippen molar-refractivity contribution >= 4 is 5.96 Å². The Morgan fingerprint density at radius 2 is 2.33 bits per heavy atom. The molecule has 0 radical (unpaired) electrons. The normalized spacial score (nSPS) is 11.3. The van der Waals surface area contributed by atoms with E-state index in [4.69, 9.17) is 5.11 Å². The Kier molecular flexibility index (Phi) is 8.87. The Balaban J connectivity index is 4.02. The number of aliphatic imine (C=N–C) groups is 1. The van der Waals surface area contributed by atoms with E-state index in [9.17, 15) is 0 Å². The number of aliphatic hydroxyl groups excluding tert-OH is 1. The van der Waals surface area contributed by atoms with E-state index in [0.717, 1.165) is 31.9 Å². The molecule has 0 aromatic rings. The number of nitrogens with zero attached hydrogens (tertiary/aromatic N) is 2. The highest BCUT2D eigenvalue weighted by Gasteiger charge is 2.03.